The largest absolute Gasteiger partial charge is 0.497 e. The lowest BCUT2D eigenvalue weighted by atomic mass is 10.0. The summed E-state index contributed by atoms with van der Waals surface area (Å²) < 4.78 is 10.4. The highest BCUT2D eigenvalue weighted by atomic mass is 16.6. The molecule has 0 aliphatic rings. The minimum absolute atomic E-state index is 0.303. The number of carbonyl (C=O) groups is 3. The Morgan fingerprint density at radius 2 is 1.80 bits per heavy atom. The number of methoxy groups -OCH3 is 1. The zero-order valence-electron chi connectivity index (χ0n) is 21.1. The van der Waals surface area contributed by atoms with E-state index in [0.29, 0.717) is 30.0 Å². The van der Waals surface area contributed by atoms with Crippen molar-refractivity contribution in [2.24, 2.45) is 0 Å². The van der Waals surface area contributed by atoms with Gasteiger partial charge in [-0.3, -0.25) is 9.59 Å². The smallest absolute Gasteiger partial charge is 0.408 e. The lowest BCUT2D eigenvalue weighted by Gasteiger charge is -2.31. The van der Waals surface area contributed by atoms with Crippen LogP contribution in [0.5, 0.6) is 5.75 Å². The highest BCUT2D eigenvalue weighted by Gasteiger charge is 2.31. The first-order valence-corrected chi connectivity index (χ1v) is 11.5. The molecule has 3 amide bonds. The molecule has 0 aromatic heterocycles. The van der Waals surface area contributed by atoms with Crippen LogP contribution < -0.4 is 15.4 Å². The molecule has 2 aromatic rings. The summed E-state index contributed by atoms with van der Waals surface area (Å²) in [7, 11) is 1.57. The Balaban J connectivity index is 2.34. The van der Waals surface area contributed by atoms with E-state index < -0.39 is 23.6 Å². The zero-order chi connectivity index (χ0) is 26.0. The second kappa shape index (κ2) is 12.6. The van der Waals surface area contributed by atoms with Gasteiger partial charge in [0.2, 0.25) is 5.91 Å². The van der Waals surface area contributed by atoms with Gasteiger partial charge < -0.3 is 25.0 Å². The number of amides is 3. The molecule has 1 atom stereocenters. The van der Waals surface area contributed by atoms with Gasteiger partial charge in [0.1, 0.15) is 23.9 Å². The first-order valence-electron chi connectivity index (χ1n) is 11.5. The Morgan fingerprint density at radius 3 is 2.37 bits per heavy atom. The lowest BCUT2D eigenvalue weighted by Crippen LogP contribution is -2.46. The second-order valence-electron chi connectivity index (χ2n) is 8.94. The molecule has 188 valence electrons. The molecule has 0 saturated heterocycles. The van der Waals surface area contributed by atoms with E-state index in [0.717, 1.165) is 5.56 Å². The number of alkyl carbamates (subject to hydrolysis) is 1. The number of anilines is 1. The van der Waals surface area contributed by atoms with E-state index in [1.807, 2.05) is 25.1 Å². The molecular formula is C27H35N3O5. The van der Waals surface area contributed by atoms with Gasteiger partial charge in [0.15, 0.2) is 0 Å². The lowest BCUT2D eigenvalue weighted by molar-refractivity contribution is -0.138. The van der Waals surface area contributed by atoms with Crippen molar-refractivity contribution in [2.75, 3.05) is 25.5 Å². The summed E-state index contributed by atoms with van der Waals surface area (Å²) in [6.07, 6.45) is 1.60. The number of nitrogens with zero attached hydrogens (tertiary/aromatic N) is 1. The van der Waals surface area contributed by atoms with Crippen LogP contribution in [0, 0.1) is 0 Å². The molecule has 0 bridgehead atoms. The van der Waals surface area contributed by atoms with Gasteiger partial charge in [0, 0.05) is 12.2 Å². The van der Waals surface area contributed by atoms with Crippen molar-refractivity contribution in [3.63, 3.8) is 0 Å². The molecule has 0 spiro atoms. The molecule has 2 aromatic carbocycles. The van der Waals surface area contributed by atoms with E-state index in [1.165, 1.54) is 4.90 Å². The molecule has 2 N–H and O–H groups in total. The van der Waals surface area contributed by atoms with Gasteiger partial charge in [-0.1, -0.05) is 37.8 Å². The molecule has 8 nitrogen and oxygen atoms in total. The second-order valence-corrected chi connectivity index (χ2v) is 8.94. The van der Waals surface area contributed by atoms with E-state index in [4.69, 9.17) is 9.47 Å². The third kappa shape index (κ3) is 8.48. The maximum Gasteiger partial charge on any atom is 0.408 e. The van der Waals surface area contributed by atoms with E-state index in [2.05, 4.69) is 17.2 Å². The molecular weight excluding hydrogens is 446 g/mol. The molecule has 35 heavy (non-hydrogen) atoms. The predicted octanol–water partition coefficient (Wildman–Crippen LogP) is 4.78. The summed E-state index contributed by atoms with van der Waals surface area (Å²) in [5.41, 5.74) is 1.33. The fourth-order valence-corrected chi connectivity index (χ4v) is 3.42. The Morgan fingerprint density at radius 1 is 1.11 bits per heavy atom. The van der Waals surface area contributed by atoms with Crippen molar-refractivity contribution < 1.29 is 23.9 Å². The number of ether oxygens (including phenoxy) is 2. The van der Waals surface area contributed by atoms with Crippen LogP contribution in [0.3, 0.4) is 0 Å². The molecule has 2 rings (SSSR count). The number of carbonyl (C=O) groups excluding carboxylic acids is 3. The average molecular weight is 482 g/mol. The van der Waals surface area contributed by atoms with E-state index in [-0.39, 0.29) is 12.5 Å². The summed E-state index contributed by atoms with van der Waals surface area (Å²) in [5.74, 6) is -0.124. The van der Waals surface area contributed by atoms with Crippen molar-refractivity contribution >= 4 is 29.7 Å². The molecule has 0 aliphatic carbocycles. The van der Waals surface area contributed by atoms with Crippen LogP contribution >= 0.6 is 0 Å². The number of hydrogen-bond donors (Lipinski definition) is 2. The molecule has 1 unspecified atom stereocenters. The summed E-state index contributed by atoms with van der Waals surface area (Å²) >= 11 is 0. The summed E-state index contributed by atoms with van der Waals surface area (Å²) in [6.45, 7) is 10.9. The monoisotopic (exact) mass is 481 g/mol. The summed E-state index contributed by atoms with van der Waals surface area (Å²) in [4.78, 5) is 40.4. The SMILES string of the molecule is C=Cc1cccc(C(C(=O)Nc2ccc(OC)cc2)N(CCC)C(=O)CNC(=O)OC(C)(C)C)c1. The first-order chi connectivity index (χ1) is 16.6. The van der Waals surface area contributed by atoms with Crippen LogP contribution in [-0.4, -0.2) is 48.6 Å². The summed E-state index contributed by atoms with van der Waals surface area (Å²) in [6, 6.07) is 13.3. The third-order valence-corrected chi connectivity index (χ3v) is 4.95. The van der Waals surface area contributed by atoms with E-state index in [1.54, 1.807) is 64.3 Å². The topological polar surface area (TPSA) is 97.0 Å². The number of nitrogens with one attached hydrogen (secondary N) is 2. The highest BCUT2D eigenvalue weighted by molar-refractivity contribution is 5.98. The van der Waals surface area contributed by atoms with Crippen LogP contribution in [0.1, 0.15) is 51.3 Å². The van der Waals surface area contributed by atoms with Gasteiger partial charge in [0.25, 0.3) is 5.91 Å². The average Bonchev–Trinajstić information content (AvgIpc) is 2.81. The van der Waals surface area contributed by atoms with Gasteiger partial charge in [0.05, 0.1) is 7.11 Å². The highest BCUT2D eigenvalue weighted by Crippen LogP contribution is 2.26. The van der Waals surface area contributed by atoms with Crippen molar-refractivity contribution in [1.82, 2.24) is 10.2 Å². The molecule has 0 heterocycles. The number of rotatable bonds is 10. The first kappa shape index (κ1) is 27.4. The minimum atomic E-state index is -0.926. The van der Waals surface area contributed by atoms with Crippen molar-refractivity contribution in [1.29, 1.82) is 0 Å². The minimum Gasteiger partial charge on any atom is -0.497 e. The Hall–Kier alpha value is -3.81. The zero-order valence-corrected chi connectivity index (χ0v) is 21.1. The van der Waals surface area contributed by atoms with Crippen LogP contribution in [0.4, 0.5) is 10.5 Å². The standard InChI is InChI=1S/C27H35N3O5/c1-7-16-30(23(31)18-28-26(33)35-27(3,4)5)24(20-11-9-10-19(8-2)17-20)25(32)29-21-12-14-22(34-6)15-13-21/h8-15,17,24H,2,7,16,18H2,1,3-6H3,(H,28,33)(H,29,32). The van der Waals surface area contributed by atoms with Gasteiger partial charge in [-0.15, -0.1) is 0 Å². The van der Waals surface area contributed by atoms with Crippen molar-refractivity contribution in [3.05, 3.63) is 66.2 Å². The van der Waals surface area contributed by atoms with Crippen molar-refractivity contribution in [2.45, 2.75) is 45.8 Å². The Kier molecular flexibility index (Phi) is 9.87. The van der Waals surface area contributed by atoms with Gasteiger partial charge in [-0.25, -0.2) is 4.79 Å². The van der Waals surface area contributed by atoms with Crippen LogP contribution in [0.15, 0.2) is 55.1 Å². The quantitative estimate of drug-likeness (QED) is 0.509. The van der Waals surface area contributed by atoms with Crippen molar-refractivity contribution in [3.8, 4) is 5.75 Å². The van der Waals surface area contributed by atoms with Gasteiger partial charge in [-0.05, 0) is 68.7 Å². The Bertz CT molecular complexity index is 1030. The maximum absolute atomic E-state index is 13.5. The van der Waals surface area contributed by atoms with Gasteiger partial charge >= 0.3 is 6.09 Å². The maximum atomic E-state index is 13.5. The van der Waals surface area contributed by atoms with Gasteiger partial charge in [-0.2, -0.15) is 0 Å². The van der Waals surface area contributed by atoms with Crippen LogP contribution in [-0.2, 0) is 14.3 Å². The molecule has 0 saturated carbocycles. The van der Waals surface area contributed by atoms with E-state index in [9.17, 15) is 14.4 Å². The molecule has 0 fully saturated rings. The van der Waals surface area contributed by atoms with Crippen LogP contribution in [0.2, 0.25) is 0 Å². The number of hydrogen-bond acceptors (Lipinski definition) is 5. The predicted molar refractivity (Wildman–Crippen MR) is 137 cm³/mol. The fraction of sp³-hybridized carbons (Fsp3) is 0.370. The number of benzene rings is 2. The van der Waals surface area contributed by atoms with Crippen LogP contribution in [0.25, 0.3) is 6.08 Å². The fourth-order valence-electron chi connectivity index (χ4n) is 3.42. The molecule has 0 radical (unpaired) electrons. The summed E-state index contributed by atoms with van der Waals surface area (Å²) in [5, 5.41) is 5.39. The Labute approximate surface area is 207 Å². The van der Waals surface area contributed by atoms with E-state index >= 15 is 0 Å². The third-order valence-electron chi connectivity index (χ3n) is 4.95. The normalized spacial score (nSPS) is 11.7. The molecule has 8 heteroatoms. The molecule has 0 aliphatic heterocycles.